The maximum absolute atomic E-state index is 14.4. The average molecular weight is 474 g/mol. The molecule has 0 saturated heterocycles. The van der Waals surface area contributed by atoms with E-state index in [1.165, 1.54) is 19.3 Å². The van der Waals surface area contributed by atoms with Gasteiger partial charge in [-0.15, -0.1) is 0 Å². The molecule has 0 spiro atoms. The number of benzene rings is 1. The van der Waals surface area contributed by atoms with Crippen LogP contribution in [0.4, 0.5) is 15.8 Å². The molecule has 0 bridgehead atoms. The molecule has 1 unspecified atom stereocenters. The van der Waals surface area contributed by atoms with Crippen LogP contribution >= 0.6 is 0 Å². The third-order valence-corrected chi connectivity index (χ3v) is 5.45. The lowest BCUT2D eigenvalue weighted by Crippen LogP contribution is -2.31. The van der Waals surface area contributed by atoms with Crippen LogP contribution in [0.15, 0.2) is 49.3 Å². The molecule has 4 rings (SSSR count). The molecule has 1 aliphatic heterocycles. The number of pyridine rings is 1. The van der Waals surface area contributed by atoms with Gasteiger partial charge >= 0.3 is 0 Å². The first-order chi connectivity index (χ1) is 16.9. The van der Waals surface area contributed by atoms with Crippen molar-refractivity contribution in [3.63, 3.8) is 0 Å². The van der Waals surface area contributed by atoms with Crippen LogP contribution in [0.3, 0.4) is 0 Å². The van der Waals surface area contributed by atoms with E-state index < -0.39 is 11.9 Å². The van der Waals surface area contributed by atoms with Crippen LogP contribution in [0.25, 0.3) is 11.3 Å². The first-order valence-corrected chi connectivity index (χ1v) is 10.9. The number of para-hydroxylation sites is 1. The molecule has 0 saturated carbocycles. The molecule has 1 aliphatic rings. The van der Waals surface area contributed by atoms with Crippen LogP contribution in [0.1, 0.15) is 28.5 Å². The number of methoxy groups -OCH3 is 1. The van der Waals surface area contributed by atoms with E-state index >= 15 is 0 Å². The number of ether oxygens (including phenoxy) is 1. The summed E-state index contributed by atoms with van der Waals surface area (Å²) >= 11 is 0. The zero-order valence-electron chi connectivity index (χ0n) is 19.3. The fraction of sp³-hybridized carbons (Fsp3) is 0.192. The molecule has 3 aromatic rings. The molecule has 4 N–H and O–H groups in total. The molecule has 178 valence electrons. The second kappa shape index (κ2) is 10.1. The number of fused-ring (bicyclic) bond motifs is 1. The fourth-order valence-corrected chi connectivity index (χ4v) is 3.86. The Morgan fingerprint density at radius 1 is 1.37 bits per heavy atom. The normalized spacial score (nSPS) is 12.9. The Labute approximate surface area is 202 Å². The number of carbonyl (C=O) groups is 2. The van der Waals surface area contributed by atoms with E-state index in [1.54, 1.807) is 37.5 Å². The largest absolute Gasteiger partial charge is 0.492 e. The quantitative estimate of drug-likeness (QED) is 0.325. The molecule has 0 aliphatic carbocycles. The number of H-pyrrole nitrogens is 1. The van der Waals surface area contributed by atoms with Gasteiger partial charge in [0.15, 0.2) is 11.6 Å². The first-order valence-electron chi connectivity index (χ1n) is 10.9. The third kappa shape index (κ3) is 4.87. The minimum atomic E-state index is -0.529. The predicted molar refractivity (Wildman–Crippen MR) is 131 cm³/mol. The third-order valence-electron chi connectivity index (χ3n) is 5.45. The van der Waals surface area contributed by atoms with E-state index in [9.17, 15) is 14.0 Å². The minimum Gasteiger partial charge on any atom is -0.492 e. The Morgan fingerprint density at radius 2 is 2.20 bits per heavy atom. The Morgan fingerprint density at radius 3 is 2.97 bits per heavy atom. The fourth-order valence-electron chi connectivity index (χ4n) is 3.86. The second-order valence-electron chi connectivity index (χ2n) is 7.81. The molecule has 2 amide bonds. The molecule has 1 aromatic carbocycles. The van der Waals surface area contributed by atoms with Gasteiger partial charge in [-0.3, -0.25) is 14.6 Å². The summed E-state index contributed by atoms with van der Waals surface area (Å²) in [5, 5.41) is 8.75. The monoisotopic (exact) mass is 473 g/mol. The minimum absolute atomic E-state index is 0.0335. The molecule has 35 heavy (non-hydrogen) atoms. The number of anilines is 2. The van der Waals surface area contributed by atoms with Crippen LogP contribution in [0.5, 0.6) is 5.75 Å². The number of nitrogens with one attached hydrogen (secondary N) is 4. The van der Waals surface area contributed by atoms with Gasteiger partial charge in [0, 0.05) is 36.6 Å². The van der Waals surface area contributed by atoms with Gasteiger partial charge in [0.2, 0.25) is 5.91 Å². The Balaban J connectivity index is 1.83. The zero-order chi connectivity index (χ0) is 24.9. The summed E-state index contributed by atoms with van der Waals surface area (Å²) in [6.45, 7) is 5.69. The van der Waals surface area contributed by atoms with Crippen LogP contribution in [-0.4, -0.2) is 41.5 Å². The Kier molecular flexibility index (Phi) is 6.83. The maximum atomic E-state index is 14.4. The van der Waals surface area contributed by atoms with Crippen molar-refractivity contribution in [1.29, 1.82) is 0 Å². The molecule has 3 heterocycles. The summed E-state index contributed by atoms with van der Waals surface area (Å²) in [6, 6.07) is 5.88. The second-order valence-corrected chi connectivity index (χ2v) is 7.81. The van der Waals surface area contributed by atoms with Crippen molar-refractivity contribution in [3.8, 4) is 28.8 Å². The lowest BCUT2D eigenvalue weighted by atomic mass is 10.0. The van der Waals surface area contributed by atoms with Crippen molar-refractivity contribution < 1.29 is 18.7 Å². The number of halogens is 1. The number of hydrogen-bond donors (Lipinski definition) is 4. The highest BCUT2D eigenvalue weighted by Gasteiger charge is 2.28. The number of aromatic nitrogens is 2. The van der Waals surface area contributed by atoms with E-state index in [1.807, 2.05) is 0 Å². The lowest BCUT2D eigenvalue weighted by Gasteiger charge is -2.17. The van der Waals surface area contributed by atoms with Crippen molar-refractivity contribution >= 4 is 23.2 Å². The predicted octanol–water partition coefficient (Wildman–Crippen LogP) is 3.30. The summed E-state index contributed by atoms with van der Waals surface area (Å²) in [6.07, 6.45) is 5.01. The first kappa shape index (κ1) is 23.6. The van der Waals surface area contributed by atoms with Gasteiger partial charge in [0.05, 0.1) is 41.3 Å². The summed E-state index contributed by atoms with van der Waals surface area (Å²) < 4.78 is 19.6. The van der Waals surface area contributed by atoms with E-state index in [0.717, 1.165) is 5.69 Å². The van der Waals surface area contributed by atoms with Crippen LogP contribution in [0.2, 0.25) is 0 Å². The lowest BCUT2D eigenvalue weighted by molar-refractivity contribution is -0.116. The summed E-state index contributed by atoms with van der Waals surface area (Å²) in [4.78, 5) is 31.9. The van der Waals surface area contributed by atoms with E-state index in [4.69, 9.17) is 4.74 Å². The van der Waals surface area contributed by atoms with Gasteiger partial charge in [0.25, 0.3) is 5.91 Å². The number of rotatable bonds is 6. The van der Waals surface area contributed by atoms with Crippen molar-refractivity contribution in [1.82, 2.24) is 20.6 Å². The van der Waals surface area contributed by atoms with Gasteiger partial charge in [-0.25, -0.2) is 4.39 Å². The standard InChI is InChI=1S/C26H24FN5O3/c1-4-21(33)30-15(2)8-9-16-14-28-12-10-17(16)23-24(22-19(31-23)11-13-29-26(22)34)32-20-7-5-6-18(27)25(20)35-3/h4-7,10,12,14-15,31-32H,1,11,13H2,2-3H3,(H,29,34)(H,30,33). The summed E-state index contributed by atoms with van der Waals surface area (Å²) in [5.74, 6) is 4.99. The van der Waals surface area contributed by atoms with Gasteiger partial charge in [-0.1, -0.05) is 24.5 Å². The molecule has 9 heteroatoms. The molecular weight excluding hydrogens is 449 g/mol. The van der Waals surface area contributed by atoms with Crippen molar-refractivity contribution in [3.05, 3.63) is 72.0 Å². The van der Waals surface area contributed by atoms with Gasteiger partial charge in [0.1, 0.15) is 0 Å². The average Bonchev–Trinajstić information content (AvgIpc) is 3.22. The number of nitrogens with zero attached hydrogens (tertiary/aromatic N) is 1. The van der Waals surface area contributed by atoms with E-state index in [2.05, 4.69) is 44.3 Å². The molecule has 0 fully saturated rings. The highest BCUT2D eigenvalue weighted by atomic mass is 19.1. The van der Waals surface area contributed by atoms with Crippen LogP contribution in [-0.2, 0) is 11.2 Å². The topological polar surface area (TPSA) is 108 Å². The van der Waals surface area contributed by atoms with Gasteiger partial charge in [-0.2, -0.15) is 0 Å². The number of amides is 2. The molecule has 8 nitrogen and oxygen atoms in total. The molecule has 2 aromatic heterocycles. The number of carbonyl (C=O) groups excluding carboxylic acids is 2. The Hall–Kier alpha value is -4.58. The highest BCUT2D eigenvalue weighted by molar-refractivity contribution is 6.06. The smallest absolute Gasteiger partial charge is 0.255 e. The number of aromatic amines is 1. The van der Waals surface area contributed by atoms with Gasteiger partial charge in [-0.05, 0) is 31.2 Å². The Bertz CT molecular complexity index is 1370. The van der Waals surface area contributed by atoms with Gasteiger partial charge < -0.3 is 25.7 Å². The zero-order valence-corrected chi connectivity index (χ0v) is 19.3. The summed E-state index contributed by atoms with van der Waals surface area (Å²) in [7, 11) is 1.38. The molecule has 1 atom stereocenters. The van der Waals surface area contributed by atoms with Crippen LogP contribution in [0, 0.1) is 17.7 Å². The van der Waals surface area contributed by atoms with Crippen molar-refractivity contribution in [2.45, 2.75) is 19.4 Å². The van der Waals surface area contributed by atoms with Crippen LogP contribution < -0.4 is 20.7 Å². The van der Waals surface area contributed by atoms with E-state index in [-0.39, 0.29) is 17.6 Å². The van der Waals surface area contributed by atoms with E-state index in [0.29, 0.717) is 46.7 Å². The number of hydrogen-bond acceptors (Lipinski definition) is 5. The molecular formula is C26H24FN5O3. The highest BCUT2D eigenvalue weighted by Crippen LogP contribution is 2.40. The summed E-state index contributed by atoms with van der Waals surface area (Å²) in [5.41, 5.74) is 3.92. The maximum Gasteiger partial charge on any atom is 0.255 e. The SMILES string of the molecule is C=CC(=O)NC(C)C#Cc1cnccc1-c1[nH]c2c(c1Nc1cccc(F)c1OC)C(=O)NCC2. The van der Waals surface area contributed by atoms with Crippen molar-refractivity contribution in [2.75, 3.05) is 19.0 Å². The van der Waals surface area contributed by atoms with Crippen molar-refractivity contribution in [2.24, 2.45) is 0 Å². The molecule has 0 radical (unpaired) electrons.